The molecule has 3 aliphatic rings. The first-order chi connectivity index (χ1) is 18.1. The number of piperidine rings is 2. The Balaban J connectivity index is 1.05. The molecule has 3 aromatic rings. The number of pyridine rings is 1. The van der Waals surface area contributed by atoms with Crippen LogP contribution in [0.1, 0.15) is 69.6 Å². The molecule has 4 heterocycles. The Morgan fingerprint density at radius 1 is 1.00 bits per heavy atom. The SMILES string of the molecule is O=C(NCC1(N2CCCCC2)CCCC1)N1CCC(c2nc(-c3ccc4c(F)cccc4n3)no2)CC1. The van der Waals surface area contributed by atoms with E-state index in [1.165, 1.54) is 64.1 Å². The summed E-state index contributed by atoms with van der Waals surface area (Å²) >= 11 is 0. The topological polar surface area (TPSA) is 87.4 Å². The Labute approximate surface area is 216 Å². The number of hydrogen-bond acceptors (Lipinski definition) is 6. The number of benzene rings is 1. The first-order valence-corrected chi connectivity index (χ1v) is 13.8. The molecule has 0 atom stereocenters. The molecule has 8 nitrogen and oxygen atoms in total. The Morgan fingerprint density at radius 3 is 2.57 bits per heavy atom. The second kappa shape index (κ2) is 10.4. The Morgan fingerprint density at radius 2 is 1.78 bits per heavy atom. The minimum Gasteiger partial charge on any atom is -0.339 e. The number of hydrogen-bond donors (Lipinski definition) is 1. The van der Waals surface area contributed by atoms with Crippen LogP contribution in [0.25, 0.3) is 22.4 Å². The predicted molar refractivity (Wildman–Crippen MR) is 139 cm³/mol. The van der Waals surface area contributed by atoms with E-state index in [4.69, 9.17) is 4.52 Å². The van der Waals surface area contributed by atoms with Crippen LogP contribution in [0.15, 0.2) is 34.9 Å². The van der Waals surface area contributed by atoms with Crippen LogP contribution < -0.4 is 5.32 Å². The third kappa shape index (κ3) is 4.93. The summed E-state index contributed by atoms with van der Waals surface area (Å²) in [5.74, 6) is 0.788. The van der Waals surface area contributed by atoms with E-state index in [9.17, 15) is 9.18 Å². The maximum Gasteiger partial charge on any atom is 0.317 e. The molecule has 0 radical (unpaired) electrons. The second-order valence-electron chi connectivity index (χ2n) is 10.9. The molecule has 1 aliphatic carbocycles. The standard InChI is InChI=1S/C28H35FN6O2/c29-22-7-6-8-23-21(22)9-10-24(31-23)25-32-26(37-33-25)20-11-17-34(18-12-20)27(36)30-19-28(13-2-3-14-28)35-15-4-1-5-16-35/h6-10,20H,1-5,11-19H2,(H,30,36). The minimum absolute atomic E-state index is 0.0422. The first kappa shape index (κ1) is 24.3. The first-order valence-electron chi connectivity index (χ1n) is 13.8. The number of aromatic nitrogens is 3. The summed E-state index contributed by atoms with van der Waals surface area (Å²) in [6.07, 6.45) is 10.3. The monoisotopic (exact) mass is 506 g/mol. The zero-order chi connectivity index (χ0) is 25.2. The third-order valence-electron chi connectivity index (χ3n) is 8.61. The van der Waals surface area contributed by atoms with Crippen molar-refractivity contribution in [3.8, 4) is 11.5 Å². The van der Waals surface area contributed by atoms with Crippen LogP contribution in [0.4, 0.5) is 9.18 Å². The fraction of sp³-hybridized carbons (Fsp3) is 0.571. The normalized spacial score (nSPS) is 20.9. The van der Waals surface area contributed by atoms with Gasteiger partial charge in [-0.3, -0.25) is 4.90 Å². The van der Waals surface area contributed by atoms with Crippen molar-refractivity contribution < 1.29 is 13.7 Å². The van der Waals surface area contributed by atoms with Gasteiger partial charge in [-0.1, -0.05) is 30.5 Å². The number of urea groups is 1. The van der Waals surface area contributed by atoms with Crippen LogP contribution in [-0.4, -0.2) is 69.2 Å². The van der Waals surface area contributed by atoms with Crippen molar-refractivity contribution in [2.75, 3.05) is 32.7 Å². The molecule has 2 amide bonds. The number of nitrogens with one attached hydrogen (secondary N) is 1. The Hall–Kier alpha value is -3.07. The van der Waals surface area contributed by atoms with E-state index in [1.807, 2.05) is 4.90 Å². The average molecular weight is 507 g/mol. The lowest BCUT2D eigenvalue weighted by atomic mass is 9.92. The van der Waals surface area contributed by atoms with Gasteiger partial charge in [-0.2, -0.15) is 4.98 Å². The lowest BCUT2D eigenvalue weighted by Gasteiger charge is -2.44. The van der Waals surface area contributed by atoms with E-state index in [0.717, 1.165) is 19.4 Å². The molecule has 2 saturated heterocycles. The number of fused-ring (bicyclic) bond motifs is 1. The molecule has 0 unspecified atom stereocenters. The van der Waals surface area contributed by atoms with Gasteiger partial charge >= 0.3 is 6.03 Å². The zero-order valence-corrected chi connectivity index (χ0v) is 21.3. The van der Waals surface area contributed by atoms with Gasteiger partial charge in [0.2, 0.25) is 11.7 Å². The van der Waals surface area contributed by atoms with E-state index < -0.39 is 0 Å². The number of rotatable bonds is 5. The zero-order valence-electron chi connectivity index (χ0n) is 21.3. The largest absolute Gasteiger partial charge is 0.339 e. The van der Waals surface area contributed by atoms with Gasteiger partial charge in [-0.05, 0) is 75.9 Å². The Bertz CT molecular complexity index is 1240. The van der Waals surface area contributed by atoms with Crippen LogP contribution in [0, 0.1) is 5.82 Å². The maximum atomic E-state index is 14.0. The summed E-state index contributed by atoms with van der Waals surface area (Å²) in [6, 6.07) is 8.28. The molecule has 6 rings (SSSR count). The maximum absolute atomic E-state index is 14.0. The van der Waals surface area contributed by atoms with Gasteiger partial charge < -0.3 is 14.7 Å². The molecule has 0 bridgehead atoms. The van der Waals surface area contributed by atoms with Gasteiger partial charge in [0.05, 0.1) is 5.52 Å². The lowest BCUT2D eigenvalue weighted by Crippen LogP contribution is -2.57. The molecule has 0 spiro atoms. The van der Waals surface area contributed by atoms with Crippen molar-refractivity contribution in [3.05, 3.63) is 42.0 Å². The average Bonchev–Trinajstić information content (AvgIpc) is 3.64. The van der Waals surface area contributed by atoms with Gasteiger partial charge in [0.15, 0.2) is 0 Å². The highest BCUT2D eigenvalue weighted by Gasteiger charge is 2.40. The van der Waals surface area contributed by atoms with Crippen molar-refractivity contribution in [1.82, 2.24) is 30.2 Å². The van der Waals surface area contributed by atoms with Gasteiger partial charge in [0, 0.05) is 36.5 Å². The van der Waals surface area contributed by atoms with Gasteiger partial charge in [-0.25, -0.2) is 14.2 Å². The molecule has 2 aliphatic heterocycles. The van der Waals surface area contributed by atoms with Crippen molar-refractivity contribution in [3.63, 3.8) is 0 Å². The number of likely N-dealkylation sites (tertiary alicyclic amines) is 2. The van der Waals surface area contributed by atoms with E-state index in [0.29, 0.717) is 41.4 Å². The van der Waals surface area contributed by atoms with Crippen LogP contribution in [0.3, 0.4) is 0 Å². The molecule has 1 N–H and O–H groups in total. The molecule has 37 heavy (non-hydrogen) atoms. The van der Waals surface area contributed by atoms with Crippen LogP contribution in [0.2, 0.25) is 0 Å². The van der Waals surface area contributed by atoms with Crippen molar-refractivity contribution in [1.29, 1.82) is 0 Å². The summed E-state index contributed by atoms with van der Waals surface area (Å²) < 4.78 is 19.5. The number of amides is 2. The molecular weight excluding hydrogens is 471 g/mol. The Kier molecular flexibility index (Phi) is 6.80. The summed E-state index contributed by atoms with van der Waals surface area (Å²) in [6.45, 7) is 4.41. The van der Waals surface area contributed by atoms with E-state index in [-0.39, 0.29) is 23.3 Å². The molecule has 196 valence electrons. The summed E-state index contributed by atoms with van der Waals surface area (Å²) in [7, 11) is 0. The molecular formula is C28H35FN6O2. The van der Waals surface area contributed by atoms with Crippen LogP contribution in [-0.2, 0) is 0 Å². The number of carbonyl (C=O) groups excluding carboxylic acids is 1. The summed E-state index contributed by atoms with van der Waals surface area (Å²) in [4.78, 5) is 26.7. The molecule has 2 aromatic heterocycles. The van der Waals surface area contributed by atoms with Crippen molar-refractivity contribution in [2.45, 2.75) is 69.2 Å². The predicted octanol–water partition coefficient (Wildman–Crippen LogP) is 5.11. The fourth-order valence-corrected chi connectivity index (χ4v) is 6.43. The summed E-state index contributed by atoms with van der Waals surface area (Å²) in [5, 5.41) is 7.89. The van der Waals surface area contributed by atoms with Gasteiger partial charge in [0.25, 0.3) is 0 Å². The lowest BCUT2D eigenvalue weighted by molar-refractivity contribution is 0.0695. The fourth-order valence-electron chi connectivity index (χ4n) is 6.43. The molecule has 1 saturated carbocycles. The summed E-state index contributed by atoms with van der Waals surface area (Å²) in [5.41, 5.74) is 1.26. The molecule has 3 fully saturated rings. The highest BCUT2D eigenvalue weighted by Crippen LogP contribution is 2.37. The molecule has 9 heteroatoms. The third-order valence-corrected chi connectivity index (χ3v) is 8.61. The quantitative estimate of drug-likeness (QED) is 0.517. The van der Waals surface area contributed by atoms with E-state index in [1.54, 1.807) is 24.3 Å². The number of halogens is 1. The second-order valence-corrected chi connectivity index (χ2v) is 10.9. The van der Waals surface area contributed by atoms with Crippen molar-refractivity contribution in [2.24, 2.45) is 0 Å². The number of nitrogens with zero attached hydrogens (tertiary/aromatic N) is 5. The van der Waals surface area contributed by atoms with Crippen LogP contribution >= 0.6 is 0 Å². The highest BCUT2D eigenvalue weighted by molar-refractivity contribution is 5.81. The number of carbonyl (C=O) groups is 1. The minimum atomic E-state index is -0.300. The smallest absolute Gasteiger partial charge is 0.317 e. The molecule has 1 aromatic carbocycles. The highest BCUT2D eigenvalue weighted by atomic mass is 19.1. The van der Waals surface area contributed by atoms with Crippen LogP contribution in [0.5, 0.6) is 0 Å². The van der Waals surface area contributed by atoms with Crippen molar-refractivity contribution >= 4 is 16.9 Å². The van der Waals surface area contributed by atoms with Gasteiger partial charge in [-0.15, -0.1) is 0 Å². The van der Waals surface area contributed by atoms with Gasteiger partial charge in [0.1, 0.15) is 11.5 Å². The van der Waals surface area contributed by atoms with E-state index >= 15 is 0 Å². The van der Waals surface area contributed by atoms with E-state index in [2.05, 4.69) is 25.3 Å².